The molecule has 1 unspecified atom stereocenters. The van der Waals surface area contributed by atoms with Crippen LogP contribution in [0.1, 0.15) is 44.4 Å². The summed E-state index contributed by atoms with van der Waals surface area (Å²) >= 11 is 5.92. The standard InChI is InChI=1S/C22H27ClN2O3S/c1-4-21(18-10-12-19(23)13-11-18)24-22(26)16-9-17-7-14-20(15-8-17)29(27,28)25(5-2)6-3/h7-16,21H,4-6H2,1-3H3,(H,24,26)/b16-9+. The van der Waals surface area contributed by atoms with Crippen molar-refractivity contribution in [2.24, 2.45) is 0 Å². The quantitative estimate of drug-likeness (QED) is 0.584. The molecule has 0 aromatic heterocycles. The van der Waals surface area contributed by atoms with Crippen LogP contribution in [0.5, 0.6) is 0 Å². The lowest BCUT2D eigenvalue weighted by atomic mass is 10.0. The molecule has 2 rings (SSSR count). The number of hydrogen-bond donors (Lipinski definition) is 1. The van der Waals surface area contributed by atoms with Crippen LogP contribution in [0.4, 0.5) is 0 Å². The van der Waals surface area contributed by atoms with Crippen LogP contribution in [0, 0.1) is 0 Å². The first-order chi connectivity index (χ1) is 13.8. The largest absolute Gasteiger partial charge is 0.346 e. The number of carbonyl (C=O) groups is 1. The van der Waals surface area contributed by atoms with Crippen molar-refractivity contribution in [1.82, 2.24) is 9.62 Å². The first kappa shape index (κ1) is 23.1. The molecular formula is C22H27ClN2O3S. The van der Waals surface area contributed by atoms with Crippen molar-refractivity contribution in [2.75, 3.05) is 13.1 Å². The molecule has 0 fully saturated rings. The molecular weight excluding hydrogens is 408 g/mol. The molecule has 29 heavy (non-hydrogen) atoms. The Bertz CT molecular complexity index is 935. The highest BCUT2D eigenvalue weighted by Gasteiger charge is 2.21. The lowest BCUT2D eigenvalue weighted by Crippen LogP contribution is -2.30. The van der Waals surface area contributed by atoms with E-state index >= 15 is 0 Å². The summed E-state index contributed by atoms with van der Waals surface area (Å²) in [7, 11) is -3.48. The van der Waals surface area contributed by atoms with Crippen molar-refractivity contribution in [1.29, 1.82) is 0 Å². The summed E-state index contributed by atoms with van der Waals surface area (Å²) in [4.78, 5) is 12.5. The van der Waals surface area contributed by atoms with Crippen molar-refractivity contribution in [3.63, 3.8) is 0 Å². The molecule has 5 nitrogen and oxygen atoms in total. The van der Waals surface area contributed by atoms with Gasteiger partial charge in [-0.05, 0) is 47.9 Å². The second-order valence-electron chi connectivity index (χ2n) is 6.51. The van der Waals surface area contributed by atoms with E-state index < -0.39 is 10.0 Å². The Balaban J connectivity index is 2.05. The highest BCUT2D eigenvalue weighted by atomic mass is 35.5. The van der Waals surface area contributed by atoms with E-state index in [2.05, 4.69) is 5.32 Å². The number of amides is 1. The molecule has 1 amide bonds. The van der Waals surface area contributed by atoms with Gasteiger partial charge in [-0.25, -0.2) is 8.42 Å². The maximum atomic E-state index is 12.5. The van der Waals surface area contributed by atoms with Gasteiger partial charge in [-0.2, -0.15) is 4.31 Å². The zero-order valence-electron chi connectivity index (χ0n) is 16.9. The second-order valence-corrected chi connectivity index (χ2v) is 8.89. The number of halogens is 1. The Morgan fingerprint density at radius 2 is 1.62 bits per heavy atom. The van der Waals surface area contributed by atoms with Gasteiger partial charge in [-0.3, -0.25) is 4.79 Å². The lowest BCUT2D eigenvalue weighted by molar-refractivity contribution is -0.117. The van der Waals surface area contributed by atoms with E-state index in [1.165, 1.54) is 10.4 Å². The molecule has 0 bridgehead atoms. The monoisotopic (exact) mass is 434 g/mol. The molecule has 0 radical (unpaired) electrons. The molecule has 156 valence electrons. The average molecular weight is 435 g/mol. The molecule has 0 saturated carbocycles. The maximum Gasteiger partial charge on any atom is 0.244 e. The average Bonchev–Trinajstić information content (AvgIpc) is 2.72. The third kappa shape index (κ3) is 6.16. The first-order valence-electron chi connectivity index (χ1n) is 9.66. The van der Waals surface area contributed by atoms with Gasteiger partial charge in [0.15, 0.2) is 0 Å². The molecule has 0 aliphatic rings. The van der Waals surface area contributed by atoms with Gasteiger partial charge < -0.3 is 5.32 Å². The number of rotatable bonds is 9. The second kappa shape index (κ2) is 10.6. The Morgan fingerprint density at radius 1 is 1.03 bits per heavy atom. The number of hydrogen-bond acceptors (Lipinski definition) is 3. The van der Waals surface area contributed by atoms with Crippen molar-refractivity contribution < 1.29 is 13.2 Å². The van der Waals surface area contributed by atoms with Gasteiger partial charge in [0.2, 0.25) is 15.9 Å². The van der Waals surface area contributed by atoms with Gasteiger partial charge in [0.25, 0.3) is 0 Å². The highest BCUT2D eigenvalue weighted by Crippen LogP contribution is 2.20. The Morgan fingerprint density at radius 3 is 2.14 bits per heavy atom. The SMILES string of the molecule is CCC(NC(=O)/C=C/c1ccc(S(=O)(=O)N(CC)CC)cc1)c1ccc(Cl)cc1. The van der Waals surface area contributed by atoms with E-state index in [0.29, 0.717) is 18.1 Å². The minimum absolute atomic E-state index is 0.106. The first-order valence-corrected chi connectivity index (χ1v) is 11.5. The minimum Gasteiger partial charge on any atom is -0.346 e. The highest BCUT2D eigenvalue weighted by molar-refractivity contribution is 7.89. The van der Waals surface area contributed by atoms with E-state index in [-0.39, 0.29) is 16.8 Å². The zero-order chi connectivity index (χ0) is 21.4. The lowest BCUT2D eigenvalue weighted by Gasteiger charge is -2.18. The van der Waals surface area contributed by atoms with Gasteiger partial charge in [-0.15, -0.1) is 0 Å². The summed E-state index contributed by atoms with van der Waals surface area (Å²) in [5.41, 5.74) is 1.74. The topological polar surface area (TPSA) is 66.5 Å². The van der Waals surface area contributed by atoms with Crippen molar-refractivity contribution in [3.05, 3.63) is 70.8 Å². The molecule has 2 aromatic rings. The van der Waals surface area contributed by atoms with Crippen LogP contribution in [0.15, 0.2) is 59.5 Å². The molecule has 1 N–H and O–H groups in total. The molecule has 2 aromatic carbocycles. The van der Waals surface area contributed by atoms with Crippen LogP contribution >= 0.6 is 11.6 Å². The van der Waals surface area contributed by atoms with Crippen LogP contribution < -0.4 is 5.32 Å². The summed E-state index contributed by atoms with van der Waals surface area (Å²) in [5, 5.41) is 3.62. The maximum absolute atomic E-state index is 12.5. The number of sulfonamides is 1. The number of nitrogens with zero attached hydrogens (tertiary/aromatic N) is 1. The van der Waals surface area contributed by atoms with E-state index in [1.54, 1.807) is 42.5 Å². The van der Waals surface area contributed by atoms with Gasteiger partial charge in [-0.1, -0.05) is 56.6 Å². The van der Waals surface area contributed by atoms with E-state index in [9.17, 15) is 13.2 Å². The van der Waals surface area contributed by atoms with Crippen molar-refractivity contribution in [2.45, 2.75) is 38.1 Å². The number of carbonyl (C=O) groups excluding carboxylic acids is 1. The van der Waals surface area contributed by atoms with E-state index in [1.807, 2.05) is 32.9 Å². The van der Waals surface area contributed by atoms with E-state index in [4.69, 9.17) is 11.6 Å². The fourth-order valence-electron chi connectivity index (χ4n) is 2.97. The summed E-state index contributed by atoms with van der Waals surface area (Å²) in [6.07, 6.45) is 3.86. The molecule has 0 heterocycles. The van der Waals surface area contributed by atoms with Gasteiger partial charge in [0.05, 0.1) is 10.9 Å². The number of nitrogens with one attached hydrogen (secondary N) is 1. The van der Waals surface area contributed by atoms with Crippen LogP contribution in [-0.2, 0) is 14.8 Å². The Hall–Kier alpha value is -2.15. The fourth-order valence-corrected chi connectivity index (χ4v) is 4.56. The predicted molar refractivity (Wildman–Crippen MR) is 118 cm³/mol. The Kier molecular flexibility index (Phi) is 8.44. The van der Waals surface area contributed by atoms with Gasteiger partial charge in [0, 0.05) is 24.2 Å². The van der Waals surface area contributed by atoms with Crippen molar-refractivity contribution in [3.8, 4) is 0 Å². The molecule has 7 heteroatoms. The third-order valence-corrected chi connectivity index (χ3v) is 6.96. The van der Waals surface area contributed by atoms with Gasteiger partial charge >= 0.3 is 0 Å². The number of benzene rings is 2. The van der Waals surface area contributed by atoms with Crippen LogP contribution in [-0.4, -0.2) is 31.7 Å². The molecule has 1 atom stereocenters. The van der Waals surface area contributed by atoms with Crippen LogP contribution in [0.25, 0.3) is 6.08 Å². The summed E-state index contributed by atoms with van der Waals surface area (Å²) in [5.74, 6) is -0.216. The fraction of sp³-hybridized carbons (Fsp3) is 0.318. The molecule has 0 saturated heterocycles. The third-order valence-electron chi connectivity index (χ3n) is 4.65. The molecule has 0 aliphatic carbocycles. The van der Waals surface area contributed by atoms with E-state index in [0.717, 1.165) is 17.5 Å². The summed E-state index contributed by atoms with van der Waals surface area (Å²) < 4.78 is 26.4. The predicted octanol–water partition coefficient (Wildman–Crippen LogP) is 4.65. The molecule has 0 aliphatic heterocycles. The van der Waals surface area contributed by atoms with Crippen molar-refractivity contribution >= 4 is 33.6 Å². The summed E-state index contributed by atoms with van der Waals surface area (Å²) in [6, 6.07) is 13.8. The Labute approximate surface area is 178 Å². The zero-order valence-corrected chi connectivity index (χ0v) is 18.5. The van der Waals surface area contributed by atoms with Crippen LogP contribution in [0.3, 0.4) is 0 Å². The summed E-state index contributed by atoms with van der Waals surface area (Å²) in [6.45, 7) is 6.47. The normalized spacial score (nSPS) is 13.0. The smallest absolute Gasteiger partial charge is 0.244 e. The van der Waals surface area contributed by atoms with Gasteiger partial charge in [0.1, 0.15) is 0 Å². The molecule has 0 spiro atoms. The minimum atomic E-state index is -3.48. The van der Waals surface area contributed by atoms with Crippen LogP contribution in [0.2, 0.25) is 5.02 Å².